The van der Waals surface area contributed by atoms with Crippen LogP contribution in [0.25, 0.3) is 10.2 Å². The molecule has 3 aromatic rings. The van der Waals surface area contributed by atoms with E-state index in [9.17, 15) is 9.59 Å². The highest BCUT2D eigenvalue weighted by atomic mass is 32.1. The number of nitrogens with one attached hydrogen (secondary N) is 2. The first-order chi connectivity index (χ1) is 14.5. The fraction of sp³-hybridized carbons (Fsp3) is 0.318. The average molecular weight is 428 g/mol. The lowest BCUT2D eigenvalue weighted by atomic mass is 10.1. The standard InChI is InChI=1S/C22H25N3O4S/c1-4-5-20(26)25-22-24-17-9-6-14(10-19(17)30-22)11-21(27)23-13-15-7-8-16(28-2)12-18(15)29-3/h6-10,12H,4-5,11,13H2,1-3H3,(H,23,27)(H,24,25,26). The van der Waals surface area contributed by atoms with Crippen molar-refractivity contribution in [1.82, 2.24) is 10.3 Å². The number of rotatable bonds is 9. The number of fused-ring (bicyclic) bond motifs is 1. The first-order valence-electron chi connectivity index (χ1n) is 9.69. The van der Waals surface area contributed by atoms with Crippen molar-refractivity contribution in [3.63, 3.8) is 0 Å². The number of anilines is 1. The maximum atomic E-state index is 12.4. The summed E-state index contributed by atoms with van der Waals surface area (Å²) in [7, 11) is 3.18. The molecule has 30 heavy (non-hydrogen) atoms. The molecule has 2 aromatic carbocycles. The van der Waals surface area contributed by atoms with E-state index in [0.29, 0.717) is 29.6 Å². The maximum Gasteiger partial charge on any atom is 0.226 e. The van der Waals surface area contributed by atoms with Gasteiger partial charge in [-0.1, -0.05) is 24.3 Å². The summed E-state index contributed by atoms with van der Waals surface area (Å²) in [6, 6.07) is 11.2. The Balaban J connectivity index is 1.61. The summed E-state index contributed by atoms with van der Waals surface area (Å²) in [6.07, 6.45) is 1.52. The first-order valence-corrected chi connectivity index (χ1v) is 10.5. The molecule has 8 heteroatoms. The van der Waals surface area contributed by atoms with Gasteiger partial charge >= 0.3 is 0 Å². The molecule has 2 amide bonds. The van der Waals surface area contributed by atoms with Crippen molar-refractivity contribution in [2.45, 2.75) is 32.7 Å². The lowest BCUT2D eigenvalue weighted by molar-refractivity contribution is -0.120. The number of benzene rings is 2. The van der Waals surface area contributed by atoms with E-state index in [0.717, 1.165) is 27.8 Å². The predicted molar refractivity (Wildman–Crippen MR) is 118 cm³/mol. The molecule has 0 radical (unpaired) electrons. The Hall–Kier alpha value is -3.13. The third-order valence-corrected chi connectivity index (χ3v) is 5.44. The van der Waals surface area contributed by atoms with Gasteiger partial charge in [-0.2, -0.15) is 0 Å². The number of hydrogen-bond donors (Lipinski definition) is 2. The summed E-state index contributed by atoms with van der Waals surface area (Å²) in [5, 5.41) is 6.32. The van der Waals surface area contributed by atoms with E-state index in [1.54, 1.807) is 20.3 Å². The smallest absolute Gasteiger partial charge is 0.226 e. The lowest BCUT2D eigenvalue weighted by Crippen LogP contribution is -2.24. The van der Waals surface area contributed by atoms with Gasteiger partial charge in [-0.25, -0.2) is 4.98 Å². The van der Waals surface area contributed by atoms with Crippen LogP contribution in [0, 0.1) is 0 Å². The van der Waals surface area contributed by atoms with Crippen molar-refractivity contribution < 1.29 is 19.1 Å². The SMILES string of the molecule is CCCC(=O)Nc1nc2ccc(CC(=O)NCc3ccc(OC)cc3OC)cc2s1. The van der Waals surface area contributed by atoms with Gasteiger partial charge in [-0.05, 0) is 36.2 Å². The first kappa shape index (κ1) is 21.6. The van der Waals surface area contributed by atoms with Crippen LogP contribution in [0.1, 0.15) is 30.9 Å². The normalized spacial score (nSPS) is 10.6. The van der Waals surface area contributed by atoms with Crippen LogP contribution in [-0.2, 0) is 22.6 Å². The highest BCUT2D eigenvalue weighted by Crippen LogP contribution is 2.27. The van der Waals surface area contributed by atoms with E-state index < -0.39 is 0 Å². The van der Waals surface area contributed by atoms with Crippen LogP contribution in [0.3, 0.4) is 0 Å². The van der Waals surface area contributed by atoms with Gasteiger partial charge in [0.2, 0.25) is 11.8 Å². The molecule has 158 valence electrons. The number of thiazole rings is 1. The number of nitrogens with zero attached hydrogens (tertiary/aromatic N) is 1. The third-order valence-electron chi connectivity index (χ3n) is 4.51. The fourth-order valence-electron chi connectivity index (χ4n) is 2.98. The van der Waals surface area contributed by atoms with Crippen LogP contribution < -0.4 is 20.1 Å². The third kappa shape index (κ3) is 5.48. The van der Waals surface area contributed by atoms with Crippen molar-refractivity contribution >= 4 is 38.5 Å². The zero-order chi connectivity index (χ0) is 21.5. The highest BCUT2D eigenvalue weighted by Gasteiger charge is 2.11. The molecule has 0 aliphatic carbocycles. The van der Waals surface area contributed by atoms with Crippen LogP contribution in [0.5, 0.6) is 11.5 Å². The van der Waals surface area contributed by atoms with Crippen LogP contribution in [0.4, 0.5) is 5.13 Å². The summed E-state index contributed by atoms with van der Waals surface area (Å²) >= 11 is 1.41. The molecule has 1 aromatic heterocycles. The number of ether oxygens (including phenoxy) is 2. The largest absolute Gasteiger partial charge is 0.497 e. The van der Waals surface area contributed by atoms with Gasteiger partial charge < -0.3 is 20.1 Å². The van der Waals surface area contributed by atoms with Crippen LogP contribution in [0.15, 0.2) is 36.4 Å². The molecule has 0 spiro atoms. The minimum atomic E-state index is -0.0896. The quantitative estimate of drug-likeness (QED) is 0.540. The van der Waals surface area contributed by atoms with Crippen molar-refractivity contribution in [3.8, 4) is 11.5 Å². The second-order valence-corrected chi connectivity index (χ2v) is 7.78. The second kappa shape index (κ2) is 10.1. The Labute approximate surface area is 179 Å². The molecular weight excluding hydrogens is 402 g/mol. The summed E-state index contributed by atoms with van der Waals surface area (Å²) in [4.78, 5) is 28.6. The molecule has 2 N–H and O–H groups in total. The zero-order valence-corrected chi connectivity index (χ0v) is 18.1. The summed E-state index contributed by atoms with van der Waals surface area (Å²) in [5.74, 6) is 1.24. The van der Waals surface area contributed by atoms with E-state index in [1.807, 2.05) is 37.3 Å². The maximum absolute atomic E-state index is 12.4. The van der Waals surface area contributed by atoms with E-state index >= 15 is 0 Å². The number of methoxy groups -OCH3 is 2. The molecule has 0 saturated heterocycles. The van der Waals surface area contributed by atoms with Gasteiger partial charge in [0.15, 0.2) is 5.13 Å². The Morgan fingerprint density at radius 1 is 1.07 bits per heavy atom. The number of carbonyl (C=O) groups is 2. The minimum absolute atomic E-state index is 0.0369. The fourth-order valence-corrected chi connectivity index (χ4v) is 3.93. The second-order valence-electron chi connectivity index (χ2n) is 6.75. The topological polar surface area (TPSA) is 89.6 Å². The van der Waals surface area contributed by atoms with Gasteiger partial charge in [0, 0.05) is 24.6 Å². The van der Waals surface area contributed by atoms with E-state index in [-0.39, 0.29) is 18.2 Å². The molecule has 0 fully saturated rings. The number of carbonyl (C=O) groups excluding carboxylic acids is 2. The van der Waals surface area contributed by atoms with Crippen LogP contribution in [0.2, 0.25) is 0 Å². The Morgan fingerprint density at radius 2 is 1.90 bits per heavy atom. The van der Waals surface area contributed by atoms with Crippen LogP contribution >= 0.6 is 11.3 Å². The van der Waals surface area contributed by atoms with Gasteiger partial charge in [-0.15, -0.1) is 0 Å². The zero-order valence-electron chi connectivity index (χ0n) is 17.3. The van der Waals surface area contributed by atoms with Gasteiger partial charge in [0.05, 0.1) is 30.9 Å². The van der Waals surface area contributed by atoms with E-state index in [4.69, 9.17) is 9.47 Å². The van der Waals surface area contributed by atoms with Crippen LogP contribution in [-0.4, -0.2) is 31.0 Å². The van der Waals surface area contributed by atoms with E-state index in [2.05, 4.69) is 15.6 Å². The molecule has 7 nitrogen and oxygen atoms in total. The van der Waals surface area contributed by atoms with Crippen molar-refractivity contribution in [3.05, 3.63) is 47.5 Å². The van der Waals surface area contributed by atoms with Crippen molar-refractivity contribution in [1.29, 1.82) is 0 Å². The summed E-state index contributed by atoms with van der Waals surface area (Å²) in [6.45, 7) is 2.32. The van der Waals surface area contributed by atoms with Crippen molar-refractivity contribution in [2.75, 3.05) is 19.5 Å². The molecule has 0 aliphatic heterocycles. The molecule has 0 unspecified atom stereocenters. The Morgan fingerprint density at radius 3 is 2.63 bits per heavy atom. The number of aromatic nitrogens is 1. The molecular formula is C22H25N3O4S. The molecule has 0 bridgehead atoms. The van der Waals surface area contributed by atoms with Gasteiger partial charge in [-0.3, -0.25) is 9.59 Å². The summed E-state index contributed by atoms with van der Waals surface area (Å²) in [5.41, 5.74) is 2.56. The van der Waals surface area contributed by atoms with E-state index in [1.165, 1.54) is 11.3 Å². The number of amides is 2. The van der Waals surface area contributed by atoms with Crippen molar-refractivity contribution in [2.24, 2.45) is 0 Å². The lowest BCUT2D eigenvalue weighted by Gasteiger charge is -2.11. The monoisotopic (exact) mass is 427 g/mol. The van der Waals surface area contributed by atoms with Gasteiger partial charge in [0.25, 0.3) is 0 Å². The molecule has 0 atom stereocenters. The highest BCUT2D eigenvalue weighted by molar-refractivity contribution is 7.22. The van der Waals surface area contributed by atoms with Gasteiger partial charge in [0.1, 0.15) is 11.5 Å². The molecule has 3 rings (SSSR count). The summed E-state index contributed by atoms with van der Waals surface area (Å²) < 4.78 is 11.5. The molecule has 1 heterocycles. The molecule has 0 saturated carbocycles. The number of hydrogen-bond acceptors (Lipinski definition) is 6. The Kier molecular flexibility index (Phi) is 7.24. The predicted octanol–water partition coefficient (Wildman–Crippen LogP) is 3.91. The minimum Gasteiger partial charge on any atom is -0.497 e. The Bertz CT molecular complexity index is 1050. The average Bonchev–Trinajstić information content (AvgIpc) is 3.13. The molecule has 0 aliphatic rings.